The fourth-order valence-corrected chi connectivity index (χ4v) is 5.57. The number of oxime groups is 1. The second-order valence-corrected chi connectivity index (χ2v) is 9.43. The fraction of sp³-hybridized carbons (Fsp3) is 0.421. The monoisotopic (exact) mass is 375 g/mol. The van der Waals surface area contributed by atoms with Gasteiger partial charge in [-0.2, -0.15) is 0 Å². The first-order chi connectivity index (χ1) is 11.9. The molecule has 6 heteroatoms. The van der Waals surface area contributed by atoms with Gasteiger partial charge in [-0.05, 0) is 68.3 Å². The number of aryl methyl sites for hydroxylation is 1. The van der Waals surface area contributed by atoms with Crippen molar-refractivity contribution in [3.8, 4) is 0 Å². The molecule has 25 heavy (non-hydrogen) atoms. The van der Waals surface area contributed by atoms with Crippen LogP contribution in [-0.2, 0) is 21.5 Å². The molecule has 2 aromatic rings. The van der Waals surface area contributed by atoms with Crippen molar-refractivity contribution in [3.05, 3.63) is 46.3 Å². The van der Waals surface area contributed by atoms with Crippen LogP contribution < -0.4 is 0 Å². The van der Waals surface area contributed by atoms with Crippen LogP contribution in [0.3, 0.4) is 0 Å². The fourth-order valence-electron chi connectivity index (χ4n) is 3.43. The Morgan fingerprint density at radius 3 is 2.76 bits per heavy atom. The van der Waals surface area contributed by atoms with E-state index in [0.29, 0.717) is 6.61 Å². The molecule has 1 unspecified atom stereocenters. The minimum absolute atomic E-state index is 0.386. The molecule has 0 amide bonds. The van der Waals surface area contributed by atoms with Gasteiger partial charge in [0, 0.05) is 10.5 Å². The lowest BCUT2D eigenvalue weighted by atomic mass is 10.0. The molecular weight excluding hydrogens is 354 g/mol. The van der Waals surface area contributed by atoms with E-state index in [0.717, 1.165) is 24.1 Å². The molecule has 1 aromatic heterocycles. The highest BCUT2D eigenvalue weighted by Crippen LogP contribution is 2.43. The molecule has 1 saturated heterocycles. The first kappa shape index (κ1) is 17.1. The summed E-state index contributed by atoms with van der Waals surface area (Å²) in [6, 6.07) is 8.57. The van der Waals surface area contributed by atoms with Gasteiger partial charge in [-0.1, -0.05) is 23.0 Å². The zero-order valence-corrected chi connectivity index (χ0v) is 16.2. The minimum atomic E-state index is -0.532. The summed E-state index contributed by atoms with van der Waals surface area (Å²) < 4.78 is 13.1. The van der Waals surface area contributed by atoms with Crippen LogP contribution >= 0.6 is 23.1 Å². The average Bonchev–Trinajstić information content (AvgIpc) is 3.25. The van der Waals surface area contributed by atoms with Gasteiger partial charge < -0.3 is 14.7 Å². The first-order valence-corrected chi connectivity index (χ1v) is 10.0. The number of benzene rings is 1. The van der Waals surface area contributed by atoms with E-state index in [1.165, 1.54) is 20.2 Å². The summed E-state index contributed by atoms with van der Waals surface area (Å²) in [6.45, 7) is 6.57. The summed E-state index contributed by atoms with van der Waals surface area (Å²) in [6.07, 6.45) is 1.76. The number of hydrogen-bond donors (Lipinski definition) is 1. The molecule has 1 aliphatic heterocycles. The normalized spacial score (nSPS) is 26.3. The standard InChI is InChI=1S/C19H21NO3S2/c1-18(2)22-11-19(3,23-18)13-9-17(24-10-13)25-14-5-6-15-12(8-14)4-7-16(15)20-21/h5-6,8-10,21H,4,7,11H2,1-3H3/b20-16-. The van der Waals surface area contributed by atoms with Gasteiger partial charge in [-0.25, -0.2) is 0 Å². The van der Waals surface area contributed by atoms with Gasteiger partial charge >= 0.3 is 0 Å². The summed E-state index contributed by atoms with van der Waals surface area (Å²) in [4.78, 5) is 1.21. The molecule has 1 aromatic carbocycles. The van der Waals surface area contributed by atoms with Crippen LogP contribution in [0.15, 0.2) is 43.9 Å². The van der Waals surface area contributed by atoms with E-state index in [9.17, 15) is 0 Å². The summed E-state index contributed by atoms with van der Waals surface area (Å²) in [5.41, 5.74) is 3.91. The molecular formula is C19H21NO3S2. The molecule has 0 saturated carbocycles. The van der Waals surface area contributed by atoms with Crippen molar-refractivity contribution in [2.45, 2.75) is 54.1 Å². The Labute approximate surface area is 155 Å². The maximum absolute atomic E-state index is 9.05. The van der Waals surface area contributed by atoms with Crippen molar-refractivity contribution in [2.75, 3.05) is 6.61 Å². The number of rotatable bonds is 3. The molecule has 0 spiro atoms. The van der Waals surface area contributed by atoms with Crippen molar-refractivity contribution >= 4 is 28.8 Å². The van der Waals surface area contributed by atoms with Crippen molar-refractivity contribution in [1.82, 2.24) is 0 Å². The molecule has 4 rings (SSSR count). The summed E-state index contributed by atoms with van der Waals surface area (Å²) in [5.74, 6) is -0.532. The van der Waals surface area contributed by atoms with Crippen LogP contribution in [0.25, 0.3) is 0 Å². The van der Waals surface area contributed by atoms with E-state index < -0.39 is 5.79 Å². The lowest BCUT2D eigenvalue weighted by Gasteiger charge is -2.24. The quantitative estimate of drug-likeness (QED) is 0.604. The summed E-state index contributed by atoms with van der Waals surface area (Å²) >= 11 is 3.49. The van der Waals surface area contributed by atoms with Crippen LogP contribution in [0.1, 0.15) is 43.9 Å². The van der Waals surface area contributed by atoms with Gasteiger partial charge in [0.1, 0.15) is 5.60 Å². The Kier molecular flexibility index (Phi) is 4.19. The highest BCUT2D eigenvalue weighted by atomic mass is 32.2. The van der Waals surface area contributed by atoms with Crippen LogP contribution in [0.5, 0.6) is 0 Å². The minimum Gasteiger partial charge on any atom is -0.411 e. The molecule has 0 radical (unpaired) electrons. The Balaban J connectivity index is 1.53. The van der Waals surface area contributed by atoms with Gasteiger partial charge in [0.25, 0.3) is 0 Å². The number of ether oxygens (including phenoxy) is 2. The molecule has 1 aliphatic carbocycles. The van der Waals surface area contributed by atoms with E-state index in [1.807, 2.05) is 13.8 Å². The zero-order chi connectivity index (χ0) is 17.7. The van der Waals surface area contributed by atoms with E-state index >= 15 is 0 Å². The van der Waals surface area contributed by atoms with E-state index in [-0.39, 0.29) is 5.60 Å². The first-order valence-electron chi connectivity index (χ1n) is 8.34. The lowest BCUT2D eigenvalue weighted by molar-refractivity contribution is -0.159. The Morgan fingerprint density at radius 1 is 1.20 bits per heavy atom. The summed E-state index contributed by atoms with van der Waals surface area (Å²) in [7, 11) is 0. The van der Waals surface area contributed by atoms with E-state index in [4.69, 9.17) is 14.7 Å². The third-order valence-corrected chi connectivity index (χ3v) is 6.78. The third-order valence-electron chi connectivity index (χ3n) is 4.71. The number of fused-ring (bicyclic) bond motifs is 1. The molecule has 1 N–H and O–H groups in total. The maximum Gasteiger partial charge on any atom is 0.164 e. The van der Waals surface area contributed by atoms with Crippen molar-refractivity contribution in [3.63, 3.8) is 0 Å². The van der Waals surface area contributed by atoms with Crippen molar-refractivity contribution in [2.24, 2.45) is 5.16 Å². The highest BCUT2D eigenvalue weighted by molar-refractivity contribution is 8.01. The molecule has 0 bridgehead atoms. The third kappa shape index (κ3) is 3.24. The molecule has 1 fully saturated rings. The maximum atomic E-state index is 9.05. The highest BCUT2D eigenvalue weighted by Gasteiger charge is 2.43. The van der Waals surface area contributed by atoms with E-state index in [2.05, 4.69) is 41.7 Å². The smallest absolute Gasteiger partial charge is 0.164 e. The Morgan fingerprint density at radius 2 is 2.04 bits per heavy atom. The van der Waals surface area contributed by atoms with Crippen LogP contribution in [0.2, 0.25) is 0 Å². The Bertz CT molecular complexity index is 843. The number of hydrogen-bond acceptors (Lipinski definition) is 6. The molecule has 2 aliphatic rings. The summed E-state index contributed by atoms with van der Waals surface area (Å²) in [5, 5.41) is 14.6. The van der Waals surface area contributed by atoms with Gasteiger partial charge in [0.2, 0.25) is 0 Å². The van der Waals surface area contributed by atoms with E-state index in [1.54, 1.807) is 23.1 Å². The van der Waals surface area contributed by atoms with Gasteiger partial charge in [0.15, 0.2) is 5.79 Å². The van der Waals surface area contributed by atoms with Crippen LogP contribution in [0, 0.1) is 0 Å². The van der Waals surface area contributed by atoms with Crippen molar-refractivity contribution in [1.29, 1.82) is 0 Å². The molecule has 132 valence electrons. The SMILES string of the molecule is CC1(C)OCC(C)(c2csc(Sc3ccc4c(c3)CC/C4=N/O)c2)O1. The van der Waals surface area contributed by atoms with Crippen LogP contribution in [0.4, 0.5) is 0 Å². The average molecular weight is 376 g/mol. The Hall–Kier alpha value is -1.34. The molecule has 2 heterocycles. The van der Waals surface area contributed by atoms with Gasteiger partial charge in [-0.15, -0.1) is 11.3 Å². The largest absolute Gasteiger partial charge is 0.411 e. The predicted molar refractivity (Wildman–Crippen MR) is 100.0 cm³/mol. The number of nitrogens with zero attached hydrogens (tertiary/aromatic N) is 1. The van der Waals surface area contributed by atoms with Gasteiger partial charge in [0.05, 0.1) is 16.5 Å². The molecule has 4 nitrogen and oxygen atoms in total. The lowest BCUT2D eigenvalue weighted by Crippen LogP contribution is -2.27. The second kappa shape index (κ2) is 6.13. The van der Waals surface area contributed by atoms with Crippen molar-refractivity contribution < 1.29 is 14.7 Å². The van der Waals surface area contributed by atoms with Crippen LogP contribution in [-0.4, -0.2) is 23.3 Å². The molecule has 1 atom stereocenters. The predicted octanol–water partition coefficient (Wildman–Crippen LogP) is 5.02. The second-order valence-electron chi connectivity index (χ2n) is 7.14. The van der Waals surface area contributed by atoms with Gasteiger partial charge in [-0.3, -0.25) is 0 Å². The zero-order valence-electron chi connectivity index (χ0n) is 14.5. The number of thiophene rings is 1. The topological polar surface area (TPSA) is 51.0 Å².